The van der Waals surface area contributed by atoms with Crippen LogP contribution in [-0.4, -0.2) is 41.6 Å². The van der Waals surface area contributed by atoms with Crippen LogP contribution in [0.25, 0.3) is 0 Å². The third kappa shape index (κ3) is 3.53. The Hall–Kier alpha value is -1.30. The standard InChI is InChI=1S/C18H23N3OS.ClH/c22-18(20-8-5-14-11-19-12-15(14)6-9-20)17-4-1-7-21(17)13-16-3-2-10-23-16;/h1-4,7,10,14-15,19H,5-6,8-9,11-13H2;1H/t14-,15+;. The molecule has 2 atom stereocenters. The van der Waals surface area contributed by atoms with Gasteiger partial charge in [0.15, 0.2) is 0 Å². The minimum atomic E-state index is 0. The predicted octanol–water partition coefficient (Wildman–Crippen LogP) is 3.09. The van der Waals surface area contributed by atoms with Crippen LogP contribution in [0.5, 0.6) is 0 Å². The predicted molar refractivity (Wildman–Crippen MR) is 100 cm³/mol. The van der Waals surface area contributed by atoms with Gasteiger partial charge < -0.3 is 14.8 Å². The summed E-state index contributed by atoms with van der Waals surface area (Å²) in [4.78, 5) is 16.3. The number of carbonyl (C=O) groups excluding carboxylic acids is 1. The van der Waals surface area contributed by atoms with Crippen molar-refractivity contribution < 1.29 is 4.79 Å². The molecule has 0 spiro atoms. The lowest BCUT2D eigenvalue weighted by Crippen LogP contribution is -2.34. The highest BCUT2D eigenvalue weighted by molar-refractivity contribution is 7.09. The first kappa shape index (κ1) is 17.5. The second kappa shape index (κ2) is 7.72. The minimum Gasteiger partial charge on any atom is -0.338 e. The fourth-order valence-electron chi connectivity index (χ4n) is 3.90. The zero-order valence-electron chi connectivity index (χ0n) is 13.7. The SMILES string of the molecule is Cl.O=C(c1cccn1Cc1cccs1)N1CC[C@@H]2CNC[C@@H]2CC1. The van der Waals surface area contributed by atoms with Crippen molar-refractivity contribution in [3.8, 4) is 0 Å². The van der Waals surface area contributed by atoms with Crippen molar-refractivity contribution in [1.29, 1.82) is 0 Å². The number of thiophene rings is 1. The summed E-state index contributed by atoms with van der Waals surface area (Å²) in [5, 5.41) is 5.58. The Labute approximate surface area is 153 Å². The number of hydrogen-bond donors (Lipinski definition) is 1. The van der Waals surface area contributed by atoms with Gasteiger partial charge in [-0.1, -0.05) is 6.07 Å². The van der Waals surface area contributed by atoms with E-state index in [2.05, 4.69) is 32.3 Å². The molecule has 0 radical (unpaired) electrons. The maximum Gasteiger partial charge on any atom is 0.270 e. The number of fused-ring (bicyclic) bond motifs is 1. The lowest BCUT2D eigenvalue weighted by Gasteiger charge is -2.21. The van der Waals surface area contributed by atoms with Gasteiger partial charge in [-0.25, -0.2) is 0 Å². The van der Waals surface area contributed by atoms with E-state index in [4.69, 9.17) is 0 Å². The molecule has 0 aromatic carbocycles. The van der Waals surface area contributed by atoms with Gasteiger partial charge in [-0.2, -0.15) is 0 Å². The molecule has 130 valence electrons. The van der Waals surface area contributed by atoms with E-state index in [9.17, 15) is 4.79 Å². The van der Waals surface area contributed by atoms with Crippen molar-refractivity contribution in [2.24, 2.45) is 11.8 Å². The van der Waals surface area contributed by atoms with E-state index >= 15 is 0 Å². The maximum atomic E-state index is 13.0. The van der Waals surface area contributed by atoms with Crippen LogP contribution in [0.4, 0.5) is 0 Å². The Morgan fingerprint density at radius 2 is 1.92 bits per heavy atom. The highest BCUT2D eigenvalue weighted by Gasteiger charge is 2.32. The first-order chi connectivity index (χ1) is 11.3. The summed E-state index contributed by atoms with van der Waals surface area (Å²) in [6, 6.07) is 8.13. The van der Waals surface area contributed by atoms with Crippen LogP contribution >= 0.6 is 23.7 Å². The van der Waals surface area contributed by atoms with Gasteiger partial charge in [0.2, 0.25) is 0 Å². The smallest absolute Gasteiger partial charge is 0.270 e. The summed E-state index contributed by atoms with van der Waals surface area (Å²) >= 11 is 1.74. The number of rotatable bonds is 3. The fraction of sp³-hybridized carbons (Fsp3) is 0.500. The van der Waals surface area contributed by atoms with Gasteiger partial charge in [0.05, 0.1) is 6.54 Å². The average molecular weight is 366 g/mol. The molecule has 4 rings (SSSR count). The Bertz CT molecular complexity index is 656. The Morgan fingerprint density at radius 3 is 2.58 bits per heavy atom. The van der Waals surface area contributed by atoms with Crippen molar-refractivity contribution in [3.05, 3.63) is 46.4 Å². The highest BCUT2D eigenvalue weighted by atomic mass is 35.5. The molecule has 0 aliphatic carbocycles. The molecule has 2 saturated heterocycles. The molecule has 0 bridgehead atoms. The van der Waals surface area contributed by atoms with Crippen LogP contribution in [0, 0.1) is 11.8 Å². The van der Waals surface area contributed by atoms with Gasteiger partial charge >= 0.3 is 0 Å². The van der Waals surface area contributed by atoms with E-state index in [0.717, 1.165) is 63.1 Å². The van der Waals surface area contributed by atoms with Crippen LogP contribution in [0.15, 0.2) is 35.8 Å². The van der Waals surface area contributed by atoms with Gasteiger partial charge in [0.1, 0.15) is 5.69 Å². The molecule has 4 nitrogen and oxygen atoms in total. The summed E-state index contributed by atoms with van der Waals surface area (Å²) in [5.74, 6) is 1.70. The largest absolute Gasteiger partial charge is 0.338 e. The zero-order valence-corrected chi connectivity index (χ0v) is 15.3. The first-order valence-corrected chi connectivity index (χ1v) is 9.37. The third-order valence-corrected chi connectivity index (χ3v) is 6.12. The van der Waals surface area contributed by atoms with Crippen molar-refractivity contribution in [1.82, 2.24) is 14.8 Å². The van der Waals surface area contributed by atoms with Gasteiger partial charge in [-0.3, -0.25) is 4.79 Å². The third-order valence-electron chi connectivity index (χ3n) is 5.26. The molecular weight excluding hydrogens is 342 g/mol. The van der Waals surface area contributed by atoms with Crippen molar-refractivity contribution in [2.75, 3.05) is 26.2 Å². The van der Waals surface area contributed by atoms with Crippen LogP contribution in [0.2, 0.25) is 0 Å². The van der Waals surface area contributed by atoms with E-state index in [-0.39, 0.29) is 18.3 Å². The quantitative estimate of drug-likeness (QED) is 0.907. The first-order valence-electron chi connectivity index (χ1n) is 8.49. The Kier molecular flexibility index (Phi) is 5.64. The Morgan fingerprint density at radius 1 is 1.17 bits per heavy atom. The molecule has 1 N–H and O–H groups in total. The summed E-state index contributed by atoms with van der Waals surface area (Å²) in [7, 11) is 0. The number of likely N-dealkylation sites (tertiary alicyclic amines) is 1. The van der Waals surface area contributed by atoms with Crippen LogP contribution in [0.1, 0.15) is 28.2 Å². The molecule has 24 heavy (non-hydrogen) atoms. The Balaban J connectivity index is 0.00000169. The molecule has 2 aromatic rings. The van der Waals surface area contributed by atoms with Crippen LogP contribution < -0.4 is 5.32 Å². The topological polar surface area (TPSA) is 37.3 Å². The maximum absolute atomic E-state index is 13.0. The molecular formula is C18H24ClN3OS. The molecule has 2 aliphatic rings. The minimum absolute atomic E-state index is 0. The van der Waals surface area contributed by atoms with E-state index in [1.807, 2.05) is 18.3 Å². The average Bonchev–Trinajstić information content (AvgIpc) is 3.28. The molecule has 4 heterocycles. The van der Waals surface area contributed by atoms with E-state index in [1.54, 1.807) is 11.3 Å². The van der Waals surface area contributed by atoms with Crippen molar-refractivity contribution in [2.45, 2.75) is 19.4 Å². The molecule has 1 amide bonds. The van der Waals surface area contributed by atoms with Crippen LogP contribution in [0.3, 0.4) is 0 Å². The number of aromatic nitrogens is 1. The number of amides is 1. The second-order valence-electron chi connectivity index (χ2n) is 6.65. The number of nitrogens with zero attached hydrogens (tertiary/aromatic N) is 2. The summed E-state index contributed by atoms with van der Waals surface area (Å²) in [6.07, 6.45) is 4.29. The number of nitrogens with one attached hydrogen (secondary N) is 1. The normalized spacial score (nSPS) is 23.4. The molecule has 2 aromatic heterocycles. The van der Waals surface area contributed by atoms with E-state index in [0.29, 0.717) is 0 Å². The van der Waals surface area contributed by atoms with Gasteiger partial charge in [-0.15, -0.1) is 23.7 Å². The van der Waals surface area contributed by atoms with Gasteiger partial charge in [-0.05, 0) is 61.3 Å². The summed E-state index contributed by atoms with van der Waals surface area (Å²) < 4.78 is 2.08. The summed E-state index contributed by atoms with van der Waals surface area (Å²) in [6.45, 7) is 4.83. The fourth-order valence-corrected chi connectivity index (χ4v) is 4.60. The molecule has 2 fully saturated rings. The number of halogens is 1. The molecule has 0 saturated carbocycles. The van der Waals surface area contributed by atoms with Crippen molar-refractivity contribution >= 4 is 29.7 Å². The number of hydrogen-bond acceptors (Lipinski definition) is 3. The van der Waals surface area contributed by atoms with Gasteiger partial charge in [0, 0.05) is 24.2 Å². The van der Waals surface area contributed by atoms with Crippen LogP contribution in [-0.2, 0) is 6.54 Å². The zero-order chi connectivity index (χ0) is 15.6. The molecule has 6 heteroatoms. The lowest BCUT2D eigenvalue weighted by atomic mass is 9.92. The molecule has 2 aliphatic heterocycles. The highest BCUT2D eigenvalue weighted by Crippen LogP contribution is 2.27. The number of carbonyl (C=O) groups is 1. The van der Waals surface area contributed by atoms with Gasteiger partial charge in [0.25, 0.3) is 5.91 Å². The monoisotopic (exact) mass is 365 g/mol. The summed E-state index contributed by atoms with van der Waals surface area (Å²) in [5.41, 5.74) is 0.823. The molecule has 0 unspecified atom stereocenters. The van der Waals surface area contributed by atoms with Crippen molar-refractivity contribution in [3.63, 3.8) is 0 Å². The van der Waals surface area contributed by atoms with E-state index in [1.165, 1.54) is 4.88 Å². The second-order valence-corrected chi connectivity index (χ2v) is 7.68. The lowest BCUT2D eigenvalue weighted by molar-refractivity contribution is 0.0748. The van der Waals surface area contributed by atoms with E-state index < -0.39 is 0 Å².